The monoisotopic (exact) mass is 340 g/mol. The van der Waals surface area contributed by atoms with Crippen LogP contribution in [-0.4, -0.2) is 28.6 Å². The number of nitriles is 1. The summed E-state index contributed by atoms with van der Waals surface area (Å²) in [6.45, 7) is 0. The van der Waals surface area contributed by atoms with Crippen molar-refractivity contribution >= 4 is 35.0 Å². The molecule has 0 saturated carbocycles. The van der Waals surface area contributed by atoms with Gasteiger partial charge in [0.1, 0.15) is 16.7 Å². The van der Waals surface area contributed by atoms with Crippen molar-refractivity contribution in [1.29, 1.82) is 5.26 Å². The van der Waals surface area contributed by atoms with E-state index < -0.39 is 0 Å². The number of benzene rings is 1. The highest BCUT2D eigenvalue weighted by Crippen LogP contribution is 2.46. The molecule has 2 heterocycles. The van der Waals surface area contributed by atoms with Gasteiger partial charge in [-0.1, -0.05) is 35.7 Å². The molecule has 1 aliphatic rings. The van der Waals surface area contributed by atoms with Crippen molar-refractivity contribution in [3.63, 3.8) is 0 Å². The van der Waals surface area contributed by atoms with Crippen LogP contribution in [0.25, 0.3) is 0 Å². The van der Waals surface area contributed by atoms with E-state index in [2.05, 4.69) is 16.0 Å². The molecule has 1 aromatic heterocycles. The van der Waals surface area contributed by atoms with Crippen molar-refractivity contribution in [2.24, 2.45) is 0 Å². The number of aromatic nitrogens is 2. The molecule has 0 radical (unpaired) electrons. The molecule has 1 aromatic carbocycles. The fraction of sp³-hybridized carbons (Fsp3) is 0.125. The lowest BCUT2D eigenvalue weighted by Crippen LogP contribution is -2.16. The number of nitrogens with zero attached hydrogens (tertiary/aromatic N) is 4. The fourth-order valence-corrected chi connectivity index (χ4v) is 3.95. The van der Waals surface area contributed by atoms with Crippen LogP contribution < -0.4 is 4.90 Å². The van der Waals surface area contributed by atoms with Crippen molar-refractivity contribution in [2.75, 3.05) is 17.7 Å². The molecule has 0 atom stereocenters. The van der Waals surface area contributed by atoms with E-state index in [1.807, 2.05) is 36.2 Å². The smallest absolute Gasteiger partial charge is 0.187 e. The van der Waals surface area contributed by atoms with Crippen LogP contribution in [-0.2, 0) is 4.79 Å². The molecule has 0 spiro atoms. The minimum absolute atomic E-state index is 0.140. The number of hydrogen-bond acceptors (Lipinski definition) is 7. The van der Waals surface area contributed by atoms with Crippen LogP contribution in [0.2, 0.25) is 0 Å². The average Bonchev–Trinajstić information content (AvgIpc) is 2.92. The van der Waals surface area contributed by atoms with Gasteiger partial charge < -0.3 is 4.90 Å². The lowest BCUT2D eigenvalue weighted by atomic mass is 10.2. The van der Waals surface area contributed by atoms with E-state index >= 15 is 0 Å². The Balaban J connectivity index is 1.80. The lowest BCUT2D eigenvalue weighted by Gasteiger charge is -2.14. The predicted octanol–water partition coefficient (Wildman–Crippen LogP) is 3.12. The molecule has 2 aromatic rings. The molecule has 23 heavy (non-hydrogen) atoms. The number of para-hydroxylation sites is 1. The number of fused-ring (bicyclic) bond motifs is 1. The maximum Gasteiger partial charge on any atom is 0.187 e. The average molecular weight is 340 g/mol. The maximum absolute atomic E-state index is 12.4. The highest BCUT2D eigenvalue weighted by Gasteiger charge is 2.27. The van der Waals surface area contributed by atoms with E-state index in [0.717, 1.165) is 10.6 Å². The molecule has 0 saturated heterocycles. The summed E-state index contributed by atoms with van der Waals surface area (Å²) < 4.78 is 0. The largest absolute Gasteiger partial charge is 0.337 e. The summed E-state index contributed by atoms with van der Waals surface area (Å²) in [7, 11) is 1.87. The Morgan fingerprint density at radius 3 is 2.74 bits per heavy atom. The second-order valence-electron chi connectivity index (χ2n) is 4.66. The molecular weight excluding hydrogens is 328 g/mol. The molecular formula is C16H12N4OS2. The zero-order chi connectivity index (χ0) is 16.2. The van der Waals surface area contributed by atoms with Gasteiger partial charge in [-0.15, -0.1) is 0 Å². The van der Waals surface area contributed by atoms with Crippen LogP contribution in [0.1, 0.15) is 0 Å². The summed E-state index contributed by atoms with van der Waals surface area (Å²) >= 11 is 2.68. The molecule has 0 unspecified atom stereocenters. The second kappa shape index (κ2) is 6.86. The van der Waals surface area contributed by atoms with E-state index in [0.29, 0.717) is 10.2 Å². The number of allylic oxidation sites excluding steroid dienone is 1. The first kappa shape index (κ1) is 15.6. The third-order valence-electron chi connectivity index (χ3n) is 3.22. The van der Waals surface area contributed by atoms with Gasteiger partial charge in [0.25, 0.3) is 0 Å². The number of carbonyl (C=O) groups excluding carboxylic acids is 1. The highest BCUT2D eigenvalue weighted by molar-refractivity contribution is 8.03. The van der Waals surface area contributed by atoms with Gasteiger partial charge in [-0.05, 0) is 18.2 Å². The van der Waals surface area contributed by atoms with Gasteiger partial charge in [0.15, 0.2) is 10.9 Å². The van der Waals surface area contributed by atoms with Crippen LogP contribution in [0.5, 0.6) is 0 Å². The molecule has 0 fully saturated rings. The Hall–Kier alpha value is -2.30. The first-order valence-electron chi connectivity index (χ1n) is 6.78. The number of carbonyl (C=O) groups is 1. The quantitative estimate of drug-likeness (QED) is 0.366. The summed E-state index contributed by atoms with van der Waals surface area (Å²) in [6, 6.07) is 11.6. The summed E-state index contributed by atoms with van der Waals surface area (Å²) in [5, 5.41) is 10.6. The number of rotatable bonds is 4. The third-order valence-corrected chi connectivity index (χ3v) is 5.33. The molecule has 0 bridgehead atoms. The number of anilines is 1. The zero-order valence-corrected chi connectivity index (χ0v) is 13.9. The number of hydrogen-bond donors (Lipinski definition) is 0. The molecule has 0 amide bonds. The maximum atomic E-state index is 12.4. The SMILES string of the molecule is CN1/C(=C(\C#N)C(=O)CSc2ncccn2)Sc2ccccc21. The van der Waals surface area contributed by atoms with Crippen molar-refractivity contribution in [1.82, 2.24) is 9.97 Å². The molecule has 7 heteroatoms. The van der Waals surface area contributed by atoms with Gasteiger partial charge in [0.05, 0.1) is 11.4 Å². The zero-order valence-electron chi connectivity index (χ0n) is 12.3. The van der Waals surface area contributed by atoms with E-state index in [-0.39, 0.29) is 17.1 Å². The molecule has 114 valence electrons. The van der Waals surface area contributed by atoms with Gasteiger partial charge >= 0.3 is 0 Å². The second-order valence-corrected chi connectivity index (χ2v) is 6.64. The van der Waals surface area contributed by atoms with Gasteiger partial charge in [0.2, 0.25) is 0 Å². The Labute approximate surface area is 142 Å². The van der Waals surface area contributed by atoms with E-state index in [4.69, 9.17) is 0 Å². The molecule has 5 nitrogen and oxygen atoms in total. The summed E-state index contributed by atoms with van der Waals surface area (Å²) in [5.74, 6) is -0.0756. The minimum atomic E-state index is -0.216. The topological polar surface area (TPSA) is 69.9 Å². The van der Waals surface area contributed by atoms with Gasteiger partial charge in [0, 0.05) is 24.3 Å². The Kier molecular flexibility index (Phi) is 4.65. The number of ketones is 1. The van der Waals surface area contributed by atoms with Gasteiger partial charge in [-0.25, -0.2) is 9.97 Å². The minimum Gasteiger partial charge on any atom is -0.337 e. The van der Waals surface area contributed by atoms with Crippen LogP contribution in [0.15, 0.2) is 63.4 Å². The Morgan fingerprint density at radius 2 is 2.04 bits per heavy atom. The highest BCUT2D eigenvalue weighted by atomic mass is 32.2. The van der Waals surface area contributed by atoms with Crippen LogP contribution >= 0.6 is 23.5 Å². The van der Waals surface area contributed by atoms with Crippen molar-refractivity contribution in [3.8, 4) is 6.07 Å². The van der Waals surface area contributed by atoms with Gasteiger partial charge in [-0.2, -0.15) is 5.26 Å². The fourth-order valence-electron chi connectivity index (χ4n) is 2.11. The predicted molar refractivity (Wildman–Crippen MR) is 91.1 cm³/mol. The van der Waals surface area contributed by atoms with Crippen molar-refractivity contribution < 1.29 is 4.79 Å². The lowest BCUT2D eigenvalue weighted by molar-refractivity contribution is -0.112. The summed E-state index contributed by atoms with van der Waals surface area (Å²) in [6.07, 6.45) is 3.25. The van der Waals surface area contributed by atoms with Crippen molar-refractivity contribution in [2.45, 2.75) is 10.1 Å². The molecule has 0 N–H and O–H groups in total. The van der Waals surface area contributed by atoms with Crippen LogP contribution in [0.3, 0.4) is 0 Å². The number of thioether (sulfide) groups is 2. The van der Waals surface area contributed by atoms with E-state index in [1.54, 1.807) is 18.5 Å². The van der Waals surface area contributed by atoms with Crippen LogP contribution in [0.4, 0.5) is 5.69 Å². The first-order valence-corrected chi connectivity index (χ1v) is 8.59. The Morgan fingerprint density at radius 1 is 1.30 bits per heavy atom. The van der Waals surface area contributed by atoms with Crippen LogP contribution in [0, 0.1) is 11.3 Å². The van der Waals surface area contributed by atoms with E-state index in [1.165, 1.54) is 23.5 Å². The summed E-state index contributed by atoms with van der Waals surface area (Å²) in [5.41, 5.74) is 1.18. The first-order chi connectivity index (χ1) is 11.2. The molecule has 1 aliphatic heterocycles. The van der Waals surface area contributed by atoms with Crippen molar-refractivity contribution in [3.05, 3.63) is 53.3 Å². The third kappa shape index (κ3) is 3.23. The standard InChI is InChI=1S/C16H12N4OS2/c1-20-12-5-2-3-6-14(12)23-15(20)11(9-17)13(21)10-22-16-18-7-4-8-19-16/h2-8H,10H2,1H3/b15-11-. The number of Topliss-reactive ketones (excluding diaryl/α,β-unsaturated/α-hetero) is 1. The van der Waals surface area contributed by atoms with Gasteiger partial charge in [-0.3, -0.25) is 4.79 Å². The summed E-state index contributed by atoms with van der Waals surface area (Å²) in [4.78, 5) is 23.5. The molecule has 0 aliphatic carbocycles. The van der Waals surface area contributed by atoms with E-state index in [9.17, 15) is 10.1 Å². The Bertz CT molecular complexity index is 814. The molecule has 3 rings (SSSR count). The normalized spacial score (nSPS) is 15.0.